The molecule has 0 spiro atoms. The van der Waals surface area contributed by atoms with Gasteiger partial charge in [-0.1, -0.05) is 166 Å². The van der Waals surface area contributed by atoms with Crippen LogP contribution in [0.4, 0.5) is 34.1 Å². The van der Waals surface area contributed by atoms with Gasteiger partial charge in [-0.15, -0.1) is 0 Å². The van der Waals surface area contributed by atoms with Gasteiger partial charge in [-0.05, 0) is 134 Å². The van der Waals surface area contributed by atoms with Gasteiger partial charge in [0.1, 0.15) is 11.2 Å². The monoisotopic (exact) mass is 898 g/mol. The number of fused-ring (bicyclic) bond motifs is 18. The first-order valence-corrected chi connectivity index (χ1v) is 24.8. The second-order valence-corrected chi connectivity index (χ2v) is 20.9. The van der Waals surface area contributed by atoms with Gasteiger partial charge in [-0.2, -0.15) is 0 Å². The lowest BCUT2D eigenvalue weighted by Gasteiger charge is -2.49. The van der Waals surface area contributed by atoms with E-state index in [0.717, 1.165) is 66.6 Å². The van der Waals surface area contributed by atoms with Gasteiger partial charge >= 0.3 is 0 Å². The Kier molecular flexibility index (Phi) is 7.91. The Labute approximate surface area is 407 Å². The Morgan fingerprint density at radius 1 is 0.329 bits per heavy atom. The van der Waals surface area contributed by atoms with Gasteiger partial charge in [-0.3, -0.25) is 0 Å². The van der Waals surface area contributed by atoms with E-state index >= 15 is 0 Å². The number of rotatable bonds is 2. The molecule has 0 fully saturated rings. The van der Waals surface area contributed by atoms with Crippen LogP contribution in [0.15, 0.2) is 154 Å². The number of anilines is 6. The summed E-state index contributed by atoms with van der Waals surface area (Å²) in [5.74, 6) is 0. The van der Waals surface area contributed by atoms with Crippen molar-refractivity contribution in [1.29, 1.82) is 0 Å². The summed E-state index contributed by atoms with van der Waals surface area (Å²) in [5.41, 5.74) is 28.4. The summed E-state index contributed by atoms with van der Waals surface area (Å²) in [7, 11) is 0. The number of benzene rings is 10. The molecule has 0 saturated heterocycles. The molecule has 0 bridgehead atoms. The third kappa shape index (κ3) is 5.13. The fraction of sp³-hybridized carbons (Fsp3) is 0.125. The highest BCUT2D eigenvalue weighted by molar-refractivity contribution is 7.01. The minimum atomic E-state index is -0.104. The van der Waals surface area contributed by atoms with Crippen molar-refractivity contribution in [3.63, 3.8) is 0 Å². The zero-order chi connectivity index (χ0) is 47.2. The Bertz CT molecular complexity index is 4060. The molecule has 0 unspecified atom stereocenters. The van der Waals surface area contributed by atoms with Crippen molar-refractivity contribution in [2.75, 3.05) is 9.80 Å². The van der Waals surface area contributed by atoms with Crippen LogP contribution < -0.4 is 42.6 Å². The maximum absolute atomic E-state index is 7.31. The molecule has 0 aliphatic carbocycles. The molecule has 0 N–H and O–H groups in total. The van der Waals surface area contributed by atoms with Gasteiger partial charge in [-0.25, -0.2) is 0 Å². The first kappa shape index (κ1) is 40.0. The molecule has 0 amide bonds. The van der Waals surface area contributed by atoms with Crippen LogP contribution in [0.1, 0.15) is 44.5 Å². The maximum atomic E-state index is 7.31. The van der Waals surface area contributed by atoms with Crippen molar-refractivity contribution >= 4 is 146 Å². The van der Waals surface area contributed by atoms with E-state index in [0.29, 0.717) is 0 Å². The molecule has 10 aromatic carbocycles. The molecule has 2 aromatic heterocycles. The Balaban J connectivity index is 1.19. The van der Waals surface area contributed by atoms with Crippen molar-refractivity contribution < 1.29 is 8.83 Å². The second-order valence-electron chi connectivity index (χ2n) is 20.9. The lowest BCUT2D eigenvalue weighted by atomic mass is 9.32. The third-order valence-electron chi connectivity index (χ3n) is 16.3. The molecule has 70 heavy (non-hydrogen) atoms. The molecule has 15 rings (SSSR count). The van der Waals surface area contributed by atoms with E-state index in [1.807, 2.05) is 0 Å². The fourth-order valence-corrected chi connectivity index (χ4v) is 13.8. The average molecular weight is 899 g/mol. The fourth-order valence-electron chi connectivity index (χ4n) is 13.8. The van der Waals surface area contributed by atoms with E-state index in [1.54, 1.807) is 0 Å². The maximum Gasteiger partial charge on any atom is 0.248 e. The van der Waals surface area contributed by atoms with Crippen LogP contribution in [0, 0.1) is 55.4 Å². The Hall–Kier alpha value is -7.95. The molecule has 332 valence electrons. The molecule has 0 atom stereocenters. The molecule has 3 aliphatic rings. The van der Waals surface area contributed by atoms with E-state index in [4.69, 9.17) is 8.83 Å². The summed E-state index contributed by atoms with van der Waals surface area (Å²) in [6.07, 6.45) is 0. The van der Waals surface area contributed by atoms with Crippen molar-refractivity contribution in [3.05, 3.63) is 190 Å². The molecular weight excluding hydrogens is 850 g/mol. The van der Waals surface area contributed by atoms with Gasteiger partial charge in [0.25, 0.3) is 0 Å². The highest BCUT2D eigenvalue weighted by Crippen LogP contribution is 2.59. The summed E-state index contributed by atoms with van der Waals surface area (Å²) in [5, 5.41) is 9.44. The number of furan rings is 2. The number of aryl methyl sites for hydroxylation is 8. The predicted octanol–water partition coefficient (Wildman–Crippen LogP) is 13.2. The molecule has 12 aromatic rings. The van der Waals surface area contributed by atoms with Crippen molar-refractivity contribution in [2.24, 2.45) is 0 Å². The normalized spacial score (nSPS) is 13.6. The number of hydrogen-bond donors (Lipinski definition) is 0. The summed E-state index contributed by atoms with van der Waals surface area (Å²) in [6, 6.07) is 55.5. The first-order valence-electron chi connectivity index (χ1n) is 24.8. The topological polar surface area (TPSA) is 32.8 Å². The predicted molar refractivity (Wildman–Crippen MR) is 299 cm³/mol. The Morgan fingerprint density at radius 3 is 1.13 bits per heavy atom. The van der Waals surface area contributed by atoms with Gasteiger partial charge in [0.05, 0.1) is 34.1 Å². The molecule has 5 heterocycles. The zero-order valence-corrected chi connectivity index (χ0v) is 40.7. The lowest BCUT2D eigenvalue weighted by Crippen LogP contribution is -2.62. The smallest absolute Gasteiger partial charge is 0.248 e. The summed E-state index contributed by atoms with van der Waals surface area (Å²) in [6.45, 7) is 17.8. The summed E-state index contributed by atoms with van der Waals surface area (Å²) >= 11 is 0. The second kappa shape index (κ2) is 13.9. The molecule has 4 nitrogen and oxygen atoms in total. The highest BCUT2D eigenvalue weighted by atomic mass is 16.3. The van der Waals surface area contributed by atoms with E-state index in [-0.39, 0.29) is 13.4 Å². The zero-order valence-electron chi connectivity index (χ0n) is 40.7. The lowest BCUT2D eigenvalue weighted by molar-refractivity contribution is 0.668. The quantitative estimate of drug-likeness (QED) is 0.162. The van der Waals surface area contributed by atoms with Crippen molar-refractivity contribution in [1.82, 2.24) is 0 Å². The average Bonchev–Trinajstić information content (AvgIpc) is 3.90. The van der Waals surface area contributed by atoms with E-state index in [9.17, 15) is 0 Å². The van der Waals surface area contributed by atoms with Crippen LogP contribution in [-0.4, -0.2) is 13.4 Å². The van der Waals surface area contributed by atoms with E-state index in [1.165, 1.54) is 110 Å². The van der Waals surface area contributed by atoms with Crippen LogP contribution in [0.3, 0.4) is 0 Å². The summed E-state index contributed by atoms with van der Waals surface area (Å²) < 4.78 is 14.6. The number of nitrogens with zero attached hydrogens (tertiary/aromatic N) is 2. The minimum Gasteiger partial charge on any atom is -0.454 e. The Morgan fingerprint density at radius 2 is 0.714 bits per heavy atom. The first-order chi connectivity index (χ1) is 34.0. The van der Waals surface area contributed by atoms with Crippen LogP contribution in [0.2, 0.25) is 0 Å². The van der Waals surface area contributed by atoms with E-state index < -0.39 is 0 Å². The van der Waals surface area contributed by atoms with Crippen LogP contribution in [0.5, 0.6) is 0 Å². The minimum absolute atomic E-state index is 0.104. The molecule has 6 heteroatoms. The third-order valence-corrected chi connectivity index (χ3v) is 16.3. The molecule has 3 aliphatic heterocycles. The molecule has 0 saturated carbocycles. The van der Waals surface area contributed by atoms with Crippen LogP contribution in [0.25, 0.3) is 65.4 Å². The SMILES string of the molecule is Cc1cc(C)c(B2c3ccc4c(oc5cc(C)ccc54)c3N3c4cc5ccccc5c5c4N(c4cc6ccccc6c2c43)c2c(ccc3c2oc2cc(C)ccc23)B5c2c(C)cc(C)cc2C)c(C)c1. The molecule has 0 radical (unpaired) electrons. The molecular formula is C64H48B2N2O2. The highest BCUT2D eigenvalue weighted by Gasteiger charge is 2.50. The van der Waals surface area contributed by atoms with Gasteiger partial charge in [0.2, 0.25) is 13.4 Å². The summed E-state index contributed by atoms with van der Waals surface area (Å²) in [4.78, 5) is 5.28. The largest absolute Gasteiger partial charge is 0.454 e. The van der Waals surface area contributed by atoms with E-state index in [2.05, 4.69) is 211 Å². The van der Waals surface area contributed by atoms with Crippen molar-refractivity contribution in [3.8, 4) is 0 Å². The van der Waals surface area contributed by atoms with Gasteiger partial charge < -0.3 is 18.6 Å². The van der Waals surface area contributed by atoms with Gasteiger partial charge in [0, 0.05) is 21.5 Å². The van der Waals surface area contributed by atoms with Gasteiger partial charge in [0.15, 0.2) is 11.2 Å². The number of hydrogen-bond acceptors (Lipinski definition) is 4. The van der Waals surface area contributed by atoms with Crippen LogP contribution >= 0.6 is 0 Å². The van der Waals surface area contributed by atoms with Crippen LogP contribution in [-0.2, 0) is 0 Å². The van der Waals surface area contributed by atoms with Crippen molar-refractivity contribution in [2.45, 2.75) is 55.4 Å². The standard InChI is InChI=1S/C64H48B2N2O2/c1-33-17-19-45-47-21-23-49-59(63(47)69-53(45)29-33)67-51-31-41-13-9-12-16-44(41)58-62(51)68(52-32-42-14-10-11-15-43(42)57(61(52)67)65(49)55-37(5)25-35(3)26-38(55)6)60-50(66(58)56-39(7)27-36(4)28-40(56)8)24-22-48-46-20-18-34(2)30-54(46)70-64(48)60/h9-32H,1-8H3.